The number of rotatable bonds is 2. The zero-order valence-corrected chi connectivity index (χ0v) is 10.4. The standard InChI is InChI=1S/C10H6INO2S/c11-7-3-1-6(2-4-7)9-12-8(5-15-9)10(13)14/h1-5H,(H,13,14). The summed E-state index contributed by atoms with van der Waals surface area (Å²) in [4.78, 5) is 14.7. The SMILES string of the molecule is O=C(O)c1csc(-c2ccc(I)cc2)n1. The lowest BCUT2D eigenvalue weighted by Gasteiger charge is -1.95. The number of aromatic nitrogens is 1. The van der Waals surface area contributed by atoms with Gasteiger partial charge in [-0.05, 0) is 34.7 Å². The summed E-state index contributed by atoms with van der Waals surface area (Å²) in [6, 6.07) is 7.81. The van der Waals surface area contributed by atoms with E-state index in [9.17, 15) is 4.79 Å². The van der Waals surface area contributed by atoms with Crippen LogP contribution in [-0.2, 0) is 0 Å². The third kappa shape index (κ3) is 2.35. The highest BCUT2D eigenvalue weighted by atomic mass is 127. The first kappa shape index (κ1) is 10.6. The molecule has 0 atom stereocenters. The number of nitrogens with zero attached hydrogens (tertiary/aromatic N) is 1. The zero-order valence-electron chi connectivity index (χ0n) is 7.48. The molecule has 5 heteroatoms. The van der Waals surface area contributed by atoms with Crippen LogP contribution < -0.4 is 0 Å². The van der Waals surface area contributed by atoms with Gasteiger partial charge in [-0.15, -0.1) is 11.3 Å². The van der Waals surface area contributed by atoms with Gasteiger partial charge in [0.25, 0.3) is 0 Å². The van der Waals surface area contributed by atoms with E-state index in [2.05, 4.69) is 27.6 Å². The highest BCUT2D eigenvalue weighted by molar-refractivity contribution is 14.1. The molecule has 0 radical (unpaired) electrons. The highest BCUT2D eigenvalue weighted by Crippen LogP contribution is 2.24. The molecule has 1 aromatic heterocycles. The Morgan fingerprint density at radius 1 is 1.33 bits per heavy atom. The minimum absolute atomic E-state index is 0.105. The van der Waals surface area contributed by atoms with E-state index in [1.54, 1.807) is 5.38 Å². The molecule has 0 bridgehead atoms. The van der Waals surface area contributed by atoms with Crippen molar-refractivity contribution in [1.29, 1.82) is 0 Å². The average molecular weight is 331 g/mol. The molecule has 1 heterocycles. The maximum Gasteiger partial charge on any atom is 0.355 e. The molecule has 0 saturated heterocycles. The molecule has 1 aromatic carbocycles. The Labute approximate surface area is 104 Å². The Kier molecular flexibility index (Phi) is 3.01. The minimum atomic E-state index is -0.983. The Morgan fingerprint density at radius 2 is 2.00 bits per heavy atom. The molecule has 0 amide bonds. The van der Waals surface area contributed by atoms with Crippen LogP contribution in [0.15, 0.2) is 29.6 Å². The van der Waals surface area contributed by atoms with Gasteiger partial charge in [0.1, 0.15) is 5.01 Å². The van der Waals surface area contributed by atoms with Crippen molar-refractivity contribution in [3.63, 3.8) is 0 Å². The van der Waals surface area contributed by atoms with E-state index < -0.39 is 5.97 Å². The number of hydrogen-bond donors (Lipinski definition) is 1. The van der Waals surface area contributed by atoms with Crippen molar-refractivity contribution in [3.05, 3.63) is 38.9 Å². The normalized spacial score (nSPS) is 10.2. The van der Waals surface area contributed by atoms with E-state index in [4.69, 9.17) is 5.11 Å². The number of carboxylic acid groups (broad SMARTS) is 1. The van der Waals surface area contributed by atoms with Crippen LogP contribution in [0, 0.1) is 3.57 Å². The van der Waals surface area contributed by atoms with Crippen molar-refractivity contribution in [1.82, 2.24) is 4.98 Å². The lowest BCUT2D eigenvalue weighted by Crippen LogP contribution is -1.95. The Morgan fingerprint density at radius 3 is 2.53 bits per heavy atom. The van der Waals surface area contributed by atoms with Gasteiger partial charge < -0.3 is 5.11 Å². The van der Waals surface area contributed by atoms with Crippen LogP contribution in [0.1, 0.15) is 10.5 Å². The molecule has 15 heavy (non-hydrogen) atoms. The second-order valence-electron chi connectivity index (χ2n) is 2.85. The third-order valence-corrected chi connectivity index (χ3v) is 3.43. The molecule has 0 aliphatic carbocycles. The van der Waals surface area contributed by atoms with Gasteiger partial charge in [0, 0.05) is 14.5 Å². The summed E-state index contributed by atoms with van der Waals surface area (Å²) in [6.07, 6.45) is 0. The number of thiazole rings is 1. The van der Waals surface area contributed by atoms with E-state index in [0.29, 0.717) is 0 Å². The van der Waals surface area contributed by atoms with Gasteiger partial charge >= 0.3 is 5.97 Å². The molecule has 2 rings (SSSR count). The molecule has 2 aromatic rings. The van der Waals surface area contributed by atoms with Gasteiger partial charge in [0.05, 0.1) is 0 Å². The Bertz CT molecular complexity index is 492. The van der Waals surface area contributed by atoms with E-state index in [1.165, 1.54) is 11.3 Å². The smallest absolute Gasteiger partial charge is 0.355 e. The van der Waals surface area contributed by atoms with Crippen molar-refractivity contribution in [2.45, 2.75) is 0 Å². The molecule has 0 aliphatic rings. The molecule has 0 saturated carbocycles. The predicted molar refractivity (Wildman–Crippen MR) is 67.2 cm³/mol. The van der Waals surface area contributed by atoms with Crippen molar-refractivity contribution in [2.24, 2.45) is 0 Å². The zero-order chi connectivity index (χ0) is 10.8. The molecule has 0 aliphatic heterocycles. The number of halogens is 1. The van der Waals surface area contributed by atoms with Gasteiger partial charge in [-0.3, -0.25) is 0 Å². The average Bonchev–Trinajstić information content (AvgIpc) is 2.68. The minimum Gasteiger partial charge on any atom is -0.476 e. The van der Waals surface area contributed by atoms with Crippen LogP contribution in [0.5, 0.6) is 0 Å². The largest absolute Gasteiger partial charge is 0.476 e. The molecule has 3 nitrogen and oxygen atoms in total. The van der Waals surface area contributed by atoms with E-state index in [0.717, 1.165) is 14.1 Å². The summed E-state index contributed by atoms with van der Waals surface area (Å²) in [5.41, 5.74) is 1.06. The summed E-state index contributed by atoms with van der Waals surface area (Å²) in [7, 11) is 0. The molecule has 0 spiro atoms. The summed E-state index contributed by atoms with van der Waals surface area (Å²) in [5, 5.41) is 11.0. The van der Waals surface area contributed by atoms with E-state index in [1.807, 2.05) is 24.3 Å². The maximum atomic E-state index is 10.6. The molecule has 0 unspecified atom stereocenters. The van der Waals surface area contributed by atoms with Crippen LogP contribution in [0.25, 0.3) is 10.6 Å². The first-order valence-corrected chi connectivity index (χ1v) is 6.07. The monoisotopic (exact) mass is 331 g/mol. The lowest BCUT2D eigenvalue weighted by molar-refractivity contribution is 0.0691. The molecular formula is C10H6INO2S. The van der Waals surface area contributed by atoms with Gasteiger partial charge in [-0.2, -0.15) is 0 Å². The van der Waals surface area contributed by atoms with Gasteiger partial charge in [-0.1, -0.05) is 12.1 Å². The fourth-order valence-electron chi connectivity index (χ4n) is 1.10. The summed E-state index contributed by atoms with van der Waals surface area (Å²) < 4.78 is 1.14. The Hall–Kier alpha value is -0.950. The fourth-order valence-corrected chi connectivity index (χ4v) is 2.26. The summed E-state index contributed by atoms with van der Waals surface area (Å²) >= 11 is 3.56. The quantitative estimate of drug-likeness (QED) is 0.861. The predicted octanol–water partition coefficient (Wildman–Crippen LogP) is 3.11. The first-order chi connectivity index (χ1) is 7.16. The number of carboxylic acids is 1. The third-order valence-electron chi connectivity index (χ3n) is 1.81. The van der Waals surface area contributed by atoms with E-state index in [-0.39, 0.29) is 5.69 Å². The van der Waals surface area contributed by atoms with Crippen LogP contribution >= 0.6 is 33.9 Å². The number of benzene rings is 1. The lowest BCUT2D eigenvalue weighted by atomic mass is 10.2. The summed E-state index contributed by atoms with van der Waals surface area (Å²) in [6.45, 7) is 0. The van der Waals surface area contributed by atoms with Crippen molar-refractivity contribution < 1.29 is 9.90 Å². The van der Waals surface area contributed by atoms with Crippen LogP contribution in [0.4, 0.5) is 0 Å². The van der Waals surface area contributed by atoms with Gasteiger partial charge in [0.2, 0.25) is 0 Å². The topological polar surface area (TPSA) is 50.2 Å². The van der Waals surface area contributed by atoms with Gasteiger partial charge in [-0.25, -0.2) is 9.78 Å². The molecule has 1 N–H and O–H groups in total. The van der Waals surface area contributed by atoms with Crippen molar-refractivity contribution in [2.75, 3.05) is 0 Å². The summed E-state index contributed by atoms with van der Waals surface area (Å²) in [5.74, 6) is -0.983. The maximum absolute atomic E-state index is 10.6. The number of hydrogen-bond acceptors (Lipinski definition) is 3. The molecular weight excluding hydrogens is 325 g/mol. The molecule has 0 fully saturated rings. The Balaban J connectivity index is 2.37. The highest BCUT2D eigenvalue weighted by Gasteiger charge is 2.09. The van der Waals surface area contributed by atoms with E-state index >= 15 is 0 Å². The van der Waals surface area contributed by atoms with Crippen LogP contribution in [-0.4, -0.2) is 16.1 Å². The van der Waals surface area contributed by atoms with Crippen LogP contribution in [0.3, 0.4) is 0 Å². The second-order valence-corrected chi connectivity index (χ2v) is 4.95. The second kappa shape index (κ2) is 4.28. The van der Waals surface area contributed by atoms with Crippen LogP contribution in [0.2, 0.25) is 0 Å². The van der Waals surface area contributed by atoms with Gasteiger partial charge in [0.15, 0.2) is 5.69 Å². The number of carbonyl (C=O) groups is 1. The molecule has 76 valence electrons. The fraction of sp³-hybridized carbons (Fsp3) is 0. The first-order valence-electron chi connectivity index (χ1n) is 4.11. The van der Waals surface area contributed by atoms with Crippen molar-refractivity contribution >= 4 is 39.9 Å². The van der Waals surface area contributed by atoms with Crippen molar-refractivity contribution in [3.8, 4) is 10.6 Å². The number of aromatic carboxylic acids is 1.